The van der Waals surface area contributed by atoms with Gasteiger partial charge in [0.1, 0.15) is 0 Å². The van der Waals surface area contributed by atoms with E-state index < -0.39 is 0 Å². The number of hydrogen-bond donors (Lipinski definition) is 0. The fraction of sp³-hybridized carbons (Fsp3) is 0.200. The number of hydrogen-bond acceptors (Lipinski definition) is 0. The van der Waals surface area contributed by atoms with Gasteiger partial charge in [-0.05, 0) is 0 Å². The fourth-order valence-electron chi connectivity index (χ4n) is 2.53. The van der Waals surface area contributed by atoms with E-state index >= 15 is 0 Å². The SMILES string of the molecule is CC.CC.Cc1c[c-]c(-c2[c-]cccc2)cc1.Cc1cc[c-]c(-c2[c-]cccc2)c1.[Y].[Y].[Y].[Y].[Y].[Y].[Y].[Y].[Y].[Y].[Y].[Y].[Y].[Y].[Y].[Y].[Y].[Y].[Y].[Y].[Y].[Y].[Y].[Y].[Y].[Y].[Y].[Y].[Y].[Y].[Y].[Y].[Y].[Y].[Y].[Y].[Y].[Y].[Y].[Y].[Y].[Y].[Y].[Y].[Y].[Y].[Y].[Y].[Y].[Y].[Y].[Y].[Y].[Y].[Y].[Y].[Y].[Y].[Y].[Y].[Y].[Y]. The first kappa shape index (κ1) is 423. The molecule has 0 N–H and O–H groups in total. The molecule has 0 heterocycles. The third-order valence-electron chi connectivity index (χ3n) is 3.92. The molecule has 0 unspecified atom stereocenters. The number of aryl methyl sites for hydroxylation is 2. The van der Waals surface area contributed by atoms with Gasteiger partial charge in [0.25, 0.3) is 0 Å². The molecule has 0 saturated carbocycles. The van der Waals surface area contributed by atoms with Gasteiger partial charge in [0.05, 0.1) is 0 Å². The predicted molar refractivity (Wildman–Crippen MR) is 131 cm³/mol. The summed E-state index contributed by atoms with van der Waals surface area (Å²) in [4.78, 5) is 0. The van der Waals surface area contributed by atoms with Crippen LogP contribution in [-0.2, 0) is 2030 Å². The maximum absolute atomic E-state index is 3.22. The monoisotopic (exact) mass is 5900 g/mol. The Bertz CT molecular complexity index is 1000. The molecule has 62 heteroatoms. The van der Waals surface area contributed by atoms with E-state index in [0.29, 0.717) is 0 Å². The quantitative estimate of drug-likeness (QED) is 0.177. The van der Waals surface area contributed by atoms with Gasteiger partial charge in [-0.2, -0.15) is 91.0 Å². The van der Waals surface area contributed by atoms with E-state index in [1.807, 2.05) is 94.4 Å². The summed E-state index contributed by atoms with van der Waals surface area (Å²) in [6.07, 6.45) is 0. The summed E-state index contributed by atoms with van der Waals surface area (Å²) in [7, 11) is 0. The van der Waals surface area contributed by atoms with Crippen molar-refractivity contribution in [2.75, 3.05) is 0 Å². The maximum atomic E-state index is 3.22. The number of rotatable bonds is 2. The van der Waals surface area contributed by atoms with Gasteiger partial charge in [0, 0.05) is 2030 Å². The van der Waals surface area contributed by atoms with Crippen molar-refractivity contribution in [1.82, 2.24) is 0 Å². The van der Waals surface area contributed by atoms with Crippen molar-refractivity contribution >= 4 is 0 Å². The third-order valence-corrected chi connectivity index (χ3v) is 3.92. The van der Waals surface area contributed by atoms with Crippen LogP contribution in [0.2, 0.25) is 0 Å². The van der Waals surface area contributed by atoms with Gasteiger partial charge in [0.15, 0.2) is 0 Å². The minimum atomic E-state index is 0. The molecular weight excluding hydrogens is 5870 g/mol. The van der Waals surface area contributed by atoms with Crippen LogP contribution in [-0.4, -0.2) is 0 Å². The molecule has 0 aliphatic carbocycles. The molecule has 4 aromatic rings. The molecule has 4 aromatic carbocycles. The van der Waals surface area contributed by atoms with Gasteiger partial charge in [-0.3, -0.25) is 0 Å². The van der Waals surface area contributed by atoms with E-state index in [9.17, 15) is 0 Å². The van der Waals surface area contributed by atoms with Crippen molar-refractivity contribution in [2.45, 2.75) is 41.5 Å². The summed E-state index contributed by atoms with van der Waals surface area (Å²) in [6.45, 7) is 12.1. The van der Waals surface area contributed by atoms with Gasteiger partial charge >= 0.3 is 0 Å². The first-order valence-corrected chi connectivity index (χ1v) is 10.6. The fourth-order valence-corrected chi connectivity index (χ4v) is 2.53. The summed E-state index contributed by atoms with van der Waals surface area (Å²) in [5, 5.41) is 0. The molecule has 62 radical (unpaired) electrons. The Morgan fingerprint density at radius 1 is 0.163 bits per heavy atom. The molecule has 0 saturated heterocycles. The van der Waals surface area contributed by atoms with E-state index in [0.717, 1.165) is 22.3 Å². The van der Waals surface area contributed by atoms with E-state index in [1.165, 1.54) is 11.1 Å². The van der Waals surface area contributed by atoms with Crippen LogP contribution in [0.1, 0.15) is 38.8 Å². The Hall–Kier alpha value is 65.3. The van der Waals surface area contributed by atoms with Gasteiger partial charge < -0.3 is 0 Å². The van der Waals surface area contributed by atoms with Gasteiger partial charge in [-0.15, -0.1) is 29.3 Å². The smallest absolute Gasteiger partial charge is 0 e. The Morgan fingerprint density at radius 3 is 0.489 bits per heavy atom. The topological polar surface area (TPSA) is 0 Å². The minimum absolute atomic E-state index is 0. The van der Waals surface area contributed by atoms with Gasteiger partial charge in [-0.25, -0.2) is 22.3 Å². The van der Waals surface area contributed by atoms with Crippen molar-refractivity contribution < 1.29 is 2030 Å². The first-order chi connectivity index (χ1) is 14.7. The summed E-state index contributed by atoms with van der Waals surface area (Å²) in [6, 6.07) is 40.9. The second-order valence-electron chi connectivity index (χ2n) is 6.11. The molecule has 342 valence electrons. The zero-order chi connectivity index (χ0) is 22.2. The molecule has 0 amide bonds. The van der Waals surface area contributed by atoms with E-state index in [-0.39, 0.29) is 2030 Å². The molecule has 0 aliphatic heterocycles. The molecule has 0 atom stereocenters. The Kier molecular flexibility index (Phi) is 1690. The zero-order valence-corrected chi connectivity index (χ0v) is 231. The summed E-state index contributed by atoms with van der Waals surface area (Å²) >= 11 is 0. The minimum Gasteiger partial charge on any atom is -0.226 e. The van der Waals surface area contributed by atoms with Crippen molar-refractivity contribution in [3.05, 3.63) is 120 Å². The normalized spacial score (nSPS) is 2.93. The van der Waals surface area contributed by atoms with Crippen LogP contribution in [0.15, 0.2) is 84.9 Å². The van der Waals surface area contributed by atoms with E-state index in [4.69, 9.17) is 0 Å². The van der Waals surface area contributed by atoms with Gasteiger partial charge in [0.2, 0.25) is 0 Å². The first-order valence-electron chi connectivity index (χ1n) is 10.6. The molecular formula is C30H32Y62-4. The van der Waals surface area contributed by atoms with Crippen LogP contribution < -0.4 is 0 Å². The molecule has 0 aliphatic rings. The van der Waals surface area contributed by atoms with Crippen molar-refractivity contribution in [1.29, 1.82) is 0 Å². The van der Waals surface area contributed by atoms with Crippen molar-refractivity contribution in [3.8, 4) is 22.3 Å². The standard InChI is InChI=1S/2C13H10.2C2H6.62Y/c1-11-6-5-9-13(10-11)12-7-3-2-4-8-12;1-11-7-9-13(10-8-11)12-5-3-2-4-6-12;2*1-2;;;;;;;;;;;;;;;;;;;;;;;;;;;;;;;;;;;;;;;;;;;;;;;;;;;;;;;;;;;;;;/h2-7,10H,1H3;2-5,7-9H,1H3;2*1-2H3;;;;;;;;;;;;;;;;;;;;;;;;;;;;;;;;;;;;;;;;;;;;;;;;;;;;;;;;;;;;;;/q2*-2;;;;;;;;;;;;;;;;;;;;;;;;;;;;;;;;;;;;;;;;;;;;;;;;;;;;;;;;;;;;;;;;. The molecule has 0 nitrogen and oxygen atoms in total. The Morgan fingerprint density at radius 2 is 0.337 bits per heavy atom. The molecule has 0 fully saturated rings. The Labute approximate surface area is 2130 Å². The van der Waals surface area contributed by atoms with Crippen LogP contribution in [0.3, 0.4) is 0 Å². The Balaban J connectivity index is -0.00000000188. The molecule has 92 heavy (non-hydrogen) atoms. The summed E-state index contributed by atoms with van der Waals surface area (Å²) in [5.74, 6) is 0. The average molecular weight is 5900 g/mol. The summed E-state index contributed by atoms with van der Waals surface area (Å²) in [5.41, 5.74) is 6.91. The second-order valence-corrected chi connectivity index (χ2v) is 6.11. The average Bonchev–Trinajstić information content (AvgIpc) is 2.84. The predicted octanol–water partition coefficient (Wildman–Crippen LogP) is 8.42. The van der Waals surface area contributed by atoms with E-state index in [2.05, 4.69) is 56.3 Å². The van der Waals surface area contributed by atoms with Crippen molar-refractivity contribution in [2.24, 2.45) is 0 Å². The molecule has 0 bridgehead atoms. The third kappa shape index (κ3) is 310. The van der Waals surface area contributed by atoms with Crippen LogP contribution in [0.5, 0.6) is 0 Å². The number of benzene rings is 4. The molecule has 0 spiro atoms. The summed E-state index contributed by atoms with van der Waals surface area (Å²) < 4.78 is 0. The van der Waals surface area contributed by atoms with Crippen molar-refractivity contribution in [3.63, 3.8) is 0 Å². The van der Waals surface area contributed by atoms with Crippen LogP contribution in [0.25, 0.3) is 22.3 Å². The second kappa shape index (κ2) is 367. The van der Waals surface area contributed by atoms with Crippen LogP contribution in [0.4, 0.5) is 0 Å². The zero-order valence-electron chi connectivity index (χ0n) is 54.9. The van der Waals surface area contributed by atoms with Crippen LogP contribution >= 0.6 is 0 Å². The largest absolute Gasteiger partial charge is 0.226 e. The van der Waals surface area contributed by atoms with Gasteiger partial charge in [-0.1, -0.05) is 41.5 Å². The molecule has 4 rings (SSSR count). The molecule has 0 aromatic heterocycles. The van der Waals surface area contributed by atoms with E-state index in [1.54, 1.807) is 0 Å². The van der Waals surface area contributed by atoms with Crippen LogP contribution in [0, 0.1) is 38.1 Å². The maximum Gasteiger partial charge on any atom is 0 e.